The topological polar surface area (TPSA) is 129 Å². The van der Waals surface area contributed by atoms with Crippen molar-refractivity contribution in [3.05, 3.63) is 70.4 Å². The third-order valence-corrected chi connectivity index (χ3v) is 5.16. The Morgan fingerprint density at radius 1 is 1.13 bits per heavy atom. The molecular weight excluding hydrogens is 431 g/mol. The highest BCUT2D eigenvalue weighted by Crippen LogP contribution is 2.36. The summed E-state index contributed by atoms with van der Waals surface area (Å²) < 4.78 is 15.1. The zero-order chi connectivity index (χ0) is 21.7. The first-order valence-corrected chi connectivity index (χ1v) is 11.0. The molecule has 0 saturated heterocycles. The molecule has 1 heterocycles. The number of phosphoric ester groups is 1. The molecule has 0 bridgehead atoms. The summed E-state index contributed by atoms with van der Waals surface area (Å²) in [6.45, 7) is 0.173. The van der Waals surface area contributed by atoms with E-state index in [1.54, 1.807) is 42.5 Å². The number of halogens is 1. The average molecular weight is 451 g/mol. The number of phosphoric acid groups is 1. The predicted molar refractivity (Wildman–Crippen MR) is 112 cm³/mol. The van der Waals surface area contributed by atoms with Crippen molar-refractivity contribution in [2.45, 2.75) is 19.4 Å². The van der Waals surface area contributed by atoms with E-state index in [0.29, 0.717) is 28.8 Å². The van der Waals surface area contributed by atoms with Crippen molar-refractivity contribution in [3.63, 3.8) is 0 Å². The van der Waals surface area contributed by atoms with Gasteiger partial charge in [0.15, 0.2) is 0 Å². The van der Waals surface area contributed by atoms with Gasteiger partial charge in [-0.05, 0) is 48.2 Å². The molecular formula is C20H20ClN2O6P. The SMILES string of the molecule is O=C(NCc1ccc(Cl)cc1)c1cnc2ccc(CCCOP(=O)(O)O)cc2c1O. The number of nitrogens with zero attached hydrogens (tertiary/aromatic N) is 1. The lowest BCUT2D eigenvalue weighted by molar-refractivity contribution is 0.0948. The van der Waals surface area contributed by atoms with Crippen LogP contribution in [-0.4, -0.2) is 32.4 Å². The van der Waals surface area contributed by atoms with Gasteiger partial charge in [-0.3, -0.25) is 14.3 Å². The van der Waals surface area contributed by atoms with Gasteiger partial charge in [-0.15, -0.1) is 0 Å². The number of benzene rings is 2. The lowest BCUT2D eigenvalue weighted by atomic mass is 10.0. The largest absolute Gasteiger partial charge is 0.506 e. The minimum absolute atomic E-state index is 0.0541. The number of fused-ring (bicyclic) bond motifs is 1. The number of rotatable bonds is 8. The lowest BCUT2D eigenvalue weighted by Crippen LogP contribution is -2.23. The van der Waals surface area contributed by atoms with E-state index in [9.17, 15) is 14.5 Å². The second-order valence-electron chi connectivity index (χ2n) is 6.61. The molecule has 0 saturated carbocycles. The van der Waals surface area contributed by atoms with Gasteiger partial charge in [-0.25, -0.2) is 4.57 Å². The number of hydrogen-bond acceptors (Lipinski definition) is 5. The van der Waals surface area contributed by atoms with E-state index in [2.05, 4.69) is 14.8 Å². The first-order valence-electron chi connectivity index (χ1n) is 9.06. The second kappa shape index (κ2) is 9.55. The highest BCUT2D eigenvalue weighted by molar-refractivity contribution is 7.46. The highest BCUT2D eigenvalue weighted by atomic mass is 35.5. The third kappa shape index (κ3) is 6.01. The van der Waals surface area contributed by atoms with Crippen molar-refractivity contribution in [2.24, 2.45) is 0 Å². The monoisotopic (exact) mass is 450 g/mol. The standard InChI is InChI=1S/C20H20ClN2O6P/c21-15-6-3-14(4-7-15)11-23-20(25)17-12-22-18-8-5-13(10-16(18)19(17)24)2-1-9-29-30(26,27)28/h3-8,10,12H,1-2,9,11H2,(H,22,24)(H,23,25)(H2,26,27,28). The molecule has 10 heteroatoms. The molecule has 0 aliphatic heterocycles. The molecule has 0 aliphatic carbocycles. The molecule has 4 N–H and O–H groups in total. The molecule has 3 aromatic rings. The van der Waals surface area contributed by atoms with Crippen LogP contribution >= 0.6 is 19.4 Å². The van der Waals surface area contributed by atoms with Crippen molar-refractivity contribution in [1.82, 2.24) is 10.3 Å². The number of aromatic hydroxyl groups is 1. The average Bonchev–Trinajstić information content (AvgIpc) is 2.70. The molecule has 3 rings (SSSR count). The van der Waals surface area contributed by atoms with Gasteiger partial charge in [-0.1, -0.05) is 29.8 Å². The summed E-state index contributed by atoms with van der Waals surface area (Å²) in [5.41, 5.74) is 2.25. The third-order valence-electron chi connectivity index (χ3n) is 4.38. The maximum Gasteiger partial charge on any atom is 0.469 e. The molecule has 0 spiro atoms. The van der Waals surface area contributed by atoms with Gasteiger partial charge in [-0.2, -0.15) is 0 Å². The number of aryl methyl sites for hydroxylation is 1. The predicted octanol–water partition coefficient (Wildman–Crippen LogP) is 3.57. The van der Waals surface area contributed by atoms with Crippen LogP contribution in [0, 0.1) is 0 Å². The number of carbonyl (C=O) groups excluding carboxylic acids is 1. The maximum atomic E-state index is 12.5. The summed E-state index contributed by atoms with van der Waals surface area (Å²) in [7, 11) is -4.48. The van der Waals surface area contributed by atoms with Gasteiger partial charge < -0.3 is 20.2 Å². The Bertz CT molecular complexity index is 1100. The van der Waals surface area contributed by atoms with Gasteiger partial charge in [0.1, 0.15) is 11.3 Å². The minimum atomic E-state index is -4.48. The lowest BCUT2D eigenvalue weighted by Gasteiger charge is -2.10. The van der Waals surface area contributed by atoms with E-state index in [-0.39, 0.29) is 24.5 Å². The van der Waals surface area contributed by atoms with E-state index in [0.717, 1.165) is 11.1 Å². The van der Waals surface area contributed by atoms with Crippen molar-refractivity contribution >= 4 is 36.2 Å². The Hall–Kier alpha value is -2.48. The molecule has 0 fully saturated rings. The number of carbonyl (C=O) groups is 1. The molecule has 1 aromatic heterocycles. The van der Waals surface area contributed by atoms with Gasteiger partial charge >= 0.3 is 7.82 Å². The summed E-state index contributed by atoms with van der Waals surface area (Å²) in [6.07, 6.45) is 2.18. The van der Waals surface area contributed by atoms with Gasteiger partial charge in [0.2, 0.25) is 0 Å². The fourth-order valence-corrected chi connectivity index (χ4v) is 3.38. The second-order valence-corrected chi connectivity index (χ2v) is 8.28. The number of hydrogen-bond donors (Lipinski definition) is 4. The van der Waals surface area contributed by atoms with E-state index < -0.39 is 13.7 Å². The van der Waals surface area contributed by atoms with Crippen LogP contribution in [0.25, 0.3) is 10.9 Å². The quantitative estimate of drug-likeness (QED) is 0.305. The van der Waals surface area contributed by atoms with Crippen molar-refractivity contribution < 1.29 is 28.8 Å². The molecule has 0 atom stereocenters. The van der Waals surface area contributed by atoms with Crippen molar-refractivity contribution in [2.75, 3.05) is 6.61 Å². The van der Waals surface area contributed by atoms with Crippen molar-refractivity contribution in [3.8, 4) is 5.75 Å². The summed E-state index contributed by atoms with van der Waals surface area (Å²) in [5, 5.41) is 14.4. The van der Waals surface area contributed by atoms with Gasteiger partial charge in [0, 0.05) is 23.2 Å². The van der Waals surface area contributed by atoms with Crippen LogP contribution in [0.15, 0.2) is 48.7 Å². The van der Waals surface area contributed by atoms with Crippen LogP contribution in [-0.2, 0) is 22.1 Å². The Kier molecular flexibility index (Phi) is 7.07. The smallest absolute Gasteiger partial charge is 0.469 e. The van der Waals surface area contributed by atoms with E-state index >= 15 is 0 Å². The summed E-state index contributed by atoms with van der Waals surface area (Å²) in [4.78, 5) is 34.2. The number of nitrogens with one attached hydrogen (secondary N) is 1. The summed E-state index contributed by atoms with van der Waals surface area (Å²) in [5.74, 6) is -0.640. The first-order chi connectivity index (χ1) is 14.2. The molecule has 158 valence electrons. The maximum absolute atomic E-state index is 12.5. The molecule has 1 amide bonds. The van der Waals surface area contributed by atoms with Crippen LogP contribution in [0.3, 0.4) is 0 Å². The molecule has 2 aromatic carbocycles. The van der Waals surface area contributed by atoms with E-state index in [4.69, 9.17) is 21.4 Å². The molecule has 8 nitrogen and oxygen atoms in total. The van der Waals surface area contributed by atoms with Crippen LogP contribution in [0.1, 0.15) is 27.9 Å². The number of aromatic nitrogens is 1. The fourth-order valence-electron chi connectivity index (χ4n) is 2.89. The number of amides is 1. The minimum Gasteiger partial charge on any atom is -0.506 e. The van der Waals surface area contributed by atoms with E-state index in [1.807, 2.05) is 0 Å². The number of pyridine rings is 1. The zero-order valence-corrected chi connectivity index (χ0v) is 17.4. The Morgan fingerprint density at radius 3 is 2.53 bits per heavy atom. The van der Waals surface area contributed by atoms with Gasteiger partial charge in [0.25, 0.3) is 5.91 Å². The van der Waals surface area contributed by atoms with Crippen LogP contribution in [0.5, 0.6) is 5.75 Å². The van der Waals surface area contributed by atoms with E-state index in [1.165, 1.54) is 6.20 Å². The normalized spacial score (nSPS) is 11.6. The Labute approximate surface area is 177 Å². The highest BCUT2D eigenvalue weighted by Gasteiger charge is 2.16. The summed E-state index contributed by atoms with van der Waals surface area (Å²) in [6, 6.07) is 12.3. The van der Waals surface area contributed by atoms with Crippen molar-refractivity contribution in [1.29, 1.82) is 0 Å². The molecule has 30 heavy (non-hydrogen) atoms. The Balaban J connectivity index is 1.70. The van der Waals surface area contributed by atoms with Crippen LogP contribution in [0.2, 0.25) is 5.02 Å². The summed E-state index contributed by atoms with van der Waals surface area (Å²) >= 11 is 5.85. The Morgan fingerprint density at radius 2 is 1.83 bits per heavy atom. The van der Waals surface area contributed by atoms with Crippen LogP contribution < -0.4 is 5.32 Å². The zero-order valence-electron chi connectivity index (χ0n) is 15.8. The molecule has 0 unspecified atom stereocenters. The first kappa shape index (κ1) is 22.2. The van der Waals surface area contributed by atoms with Crippen LogP contribution in [0.4, 0.5) is 0 Å². The van der Waals surface area contributed by atoms with Gasteiger partial charge in [0.05, 0.1) is 12.1 Å². The fraction of sp³-hybridized carbons (Fsp3) is 0.200. The molecule has 0 aliphatic rings. The molecule has 0 radical (unpaired) electrons.